The second kappa shape index (κ2) is 6.97. The first-order valence-corrected chi connectivity index (χ1v) is 7.57. The minimum absolute atomic E-state index is 0.390. The van der Waals surface area contributed by atoms with Crippen molar-refractivity contribution in [3.05, 3.63) is 63.7 Å². The Hall–Kier alpha value is -1.51. The average molecular weight is 304 g/mol. The SMILES string of the molecule is Cc1cc(Cl)cc(C)c1OCc1ccc(C(C)CN)cc1. The topological polar surface area (TPSA) is 35.2 Å². The second-order valence-electron chi connectivity index (χ2n) is 5.54. The fourth-order valence-electron chi connectivity index (χ4n) is 2.36. The van der Waals surface area contributed by atoms with Crippen LogP contribution in [0.15, 0.2) is 36.4 Å². The van der Waals surface area contributed by atoms with Gasteiger partial charge in [-0.15, -0.1) is 0 Å². The summed E-state index contributed by atoms with van der Waals surface area (Å²) in [5, 5.41) is 0.748. The molecule has 0 radical (unpaired) electrons. The van der Waals surface area contributed by atoms with Crippen molar-refractivity contribution in [3.63, 3.8) is 0 Å². The van der Waals surface area contributed by atoms with Crippen molar-refractivity contribution in [2.75, 3.05) is 6.54 Å². The molecule has 3 heteroatoms. The Kier molecular flexibility index (Phi) is 5.27. The normalized spacial score (nSPS) is 12.2. The molecule has 0 bridgehead atoms. The molecule has 1 unspecified atom stereocenters. The van der Waals surface area contributed by atoms with Crippen LogP contribution in [-0.2, 0) is 6.61 Å². The molecular weight excluding hydrogens is 282 g/mol. The van der Waals surface area contributed by atoms with E-state index in [2.05, 4.69) is 31.2 Å². The van der Waals surface area contributed by atoms with Gasteiger partial charge in [0.1, 0.15) is 12.4 Å². The maximum absolute atomic E-state index is 6.03. The van der Waals surface area contributed by atoms with Crippen LogP contribution in [0, 0.1) is 13.8 Å². The van der Waals surface area contributed by atoms with Crippen LogP contribution in [0.1, 0.15) is 35.1 Å². The molecule has 0 spiro atoms. The molecule has 2 rings (SSSR count). The monoisotopic (exact) mass is 303 g/mol. The van der Waals surface area contributed by atoms with Gasteiger partial charge in [-0.1, -0.05) is 42.8 Å². The summed E-state index contributed by atoms with van der Waals surface area (Å²) in [6.07, 6.45) is 0. The lowest BCUT2D eigenvalue weighted by Crippen LogP contribution is -2.08. The predicted molar refractivity (Wildman–Crippen MR) is 89.2 cm³/mol. The number of benzene rings is 2. The van der Waals surface area contributed by atoms with E-state index >= 15 is 0 Å². The third-order valence-corrected chi connectivity index (χ3v) is 3.93. The van der Waals surface area contributed by atoms with E-state index in [0.29, 0.717) is 19.1 Å². The molecule has 0 fully saturated rings. The van der Waals surface area contributed by atoms with Gasteiger partial charge >= 0.3 is 0 Å². The first-order chi connectivity index (χ1) is 10.0. The summed E-state index contributed by atoms with van der Waals surface area (Å²) in [6, 6.07) is 12.3. The minimum Gasteiger partial charge on any atom is -0.488 e. The molecule has 0 amide bonds. The summed E-state index contributed by atoms with van der Waals surface area (Å²) < 4.78 is 5.95. The highest BCUT2D eigenvalue weighted by atomic mass is 35.5. The van der Waals surface area contributed by atoms with Crippen molar-refractivity contribution < 1.29 is 4.74 Å². The molecule has 2 aromatic carbocycles. The average Bonchev–Trinajstić information content (AvgIpc) is 2.46. The highest BCUT2D eigenvalue weighted by Gasteiger charge is 2.07. The van der Waals surface area contributed by atoms with E-state index in [0.717, 1.165) is 27.5 Å². The Bertz CT molecular complexity index is 584. The first kappa shape index (κ1) is 15.9. The lowest BCUT2D eigenvalue weighted by Gasteiger charge is -2.14. The molecule has 21 heavy (non-hydrogen) atoms. The van der Waals surface area contributed by atoms with Crippen molar-refractivity contribution in [2.45, 2.75) is 33.3 Å². The quantitative estimate of drug-likeness (QED) is 0.876. The van der Waals surface area contributed by atoms with Crippen LogP contribution < -0.4 is 10.5 Å². The van der Waals surface area contributed by atoms with Gasteiger partial charge in [-0.25, -0.2) is 0 Å². The smallest absolute Gasteiger partial charge is 0.125 e. The van der Waals surface area contributed by atoms with Crippen LogP contribution in [0.3, 0.4) is 0 Å². The molecule has 1 atom stereocenters. The number of hydrogen-bond donors (Lipinski definition) is 1. The summed E-state index contributed by atoms with van der Waals surface area (Å²) in [4.78, 5) is 0. The van der Waals surface area contributed by atoms with E-state index in [1.165, 1.54) is 5.56 Å². The Morgan fingerprint density at radius 3 is 2.19 bits per heavy atom. The Morgan fingerprint density at radius 2 is 1.67 bits per heavy atom. The lowest BCUT2D eigenvalue weighted by atomic mass is 10.0. The molecule has 0 saturated carbocycles. The zero-order chi connectivity index (χ0) is 15.4. The van der Waals surface area contributed by atoms with Crippen LogP contribution in [0.5, 0.6) is 5.75 Å². The number of halogens is 1. The highest BCUT2D eigenvalue weighted by molar-refractivity contribution is 6.30. The molecule has 0 aliphatic heterocycles. The van der Waals surface area contributed by atoms with Gasteiger partial charge in [0.05, 0.1) is 0 Å². The van der Waals surface area contributed by atoms with Gasteiger partial charge < -0.3 is 10.5 Å². The van der Waals surface area contributed by atoms with Crippen LogP contribution in [0.4, 0.5) is 0 Å². The van der Waals surface area contributed by atoms with Crippen molar-refractivity contribution in [2.24, 2.45) is 5.73 Å². The van der Waals surface area contributed by atoms with Crippen LogP contribution >= 0.6 is 11.6 Å². The Labute approximate surface area is 131 Å². The summed E-state index contributed by atoms with van der Waals surface area (Å²) in [5.74, 6) is 1.31. The van der Waals surface area contributed by atoms with Crippen molar-refractivity contribution >= 4 is 11.6 Å². The maximum atomic E-state index is 6.03. The first-order valence-electron chi connectivity index (χ1n) is 7.19. The van der Waals surface area contributed by atoms with E-state index < -0.39 is 0 Å². The van der Waals surface area contributed by atoms with Gasteiger partial charge in [0.15, 0.2) is 0 Å². The minimum atomic E-state index is 0.390. The number of nitrogens with two attached hydrogens (primary N) is 1. The molecule has 0 aromatic heterocycles. The van der Waals surface area contributed by atoms with E-state index in [1.807, 2.05) is 26.0 Å². The number of rotatable bonds is 5. The fraction of sp³-hybridized carbons (Fsp3) is 0.333. The summed E-state index contributed by atoms with van der Waals surface area (Å²) in [5.41, 5.74) is 10.2. The van der Waals surface area contributed by atoms with Crippen molar-refractivity contribution in [1.82, 2.24) is 0 Å². The molecule has 2 nitrogen and oxygen atoms in total. The summed E-state index contributed by atoms with van der Waals surface area (Å²) in [6.45, 7) is 7.38. The molecule has 0 aliphatic rings. The molecule has 112 valence electrons. The third kappa shape index (κ3) is 3.99. The van der Waals surface area contributed by atoms with E-state index in [-0.39, 0.29) is 0 Å². The van der Waals surface area contributed by atoms with Crippen LogP contribution in [-0.4, -0.2) is 6.54 Å². The van der Waals surface area contributed by atoms with E-state index in [1.54, 1.807) is 0 Å². The maximum Gasteiger partial charge on any atom is 0.125 e. The molecule has 2 aromatic rings. The summed E-state index contributed by atoms with van der Waals surface area (Å²) in [7, 11) is 0. The van der Waals surface area contributed by atoms with Gasteiger partial charge in [-0.05, 0) is 60.7 Å². The highest BCUT2D eigenvalue weighted by Crippen LogP contribution is 2.28. The van der Waals surface area contributed by atoms with Gasteiger partial charge in [-0.3, -0.25) is 0 Å². The molecule has 0 aliphatic carbocycles. The standard InChI is InChI=1S/C18H22ClNO/c1-12-8-17(19)9-13(2)18(12)21-11-15-4-6-16(7-5-15)14(3)10-20/h4-9,14H,10-11,20H2,1-3H3. The Balaban J connectivity index is 2.07. The lowest BCUT2D eigenvalue weighted by molar-refractivity contribution is 0.302. The van der Waals surface area contributed by atoms with E-state index in [4.69, 9.17) is 22.1 Å². The molecule has 0 saturated heterocycles. The fourth-order valence-corrected chi connectivity index (χ4v) is 2.69. The Morgan fingerprint density at radius 1 is 1.10 bits per heavy atom. The number of aryl methyl sites for hydroxylation is 2. The summed E-state index contributed by atoms with van der Waals surface area (Å²) >= 11 is 6.03. The number of ether oxygens (including phenoxy) is 1. The zero-order valence-electron chi connectivity index (χ0n) is 12.8. The van der Waals surface area contributed by atoms with E-state index in [9.17, 15) is 0 Å². The van der Waals surface area contributed by atoms with Gasteiger partial charge in [-0.2, -0.15) is 0 Å². The number of hydrogen-bond acceptors (Lipinski definition) is 2. The molecule has 0 heterocycles. The molecular formula is C18H22ClNO. The molecule has 2 N–H and O–H groups in total. The van der Waals surface area contributed by atoms with Gasteiger partial charge in [0, 0.05) is 5.02 Å². The largest absolute Gasteiger partial charge is 0.488 e. The zero-order valence-corrected chi connectivity index (χ0v) is 13.6. The van der Waals surface area contributed by atoms with Crippen molar-refractivity contribution in [1.29, 1.82) is 0 Å². The predicted octanol–water partition coefficient (Wildman–Crippen LogP) is 4.60. The van der Waals surface area contributed by atoms with Crippen LogP contribution in [0.25, 0.3) is 0 Å². The second-order valence-corrected chi connectivity index (χ2v) is 5.97. The van der Waals surface area contributed by atoms with Gasteiger partial charge in [0.25, 0.3) is 0 Å². The van der Waals surface area contributed by atoms with Crippen molar-refractivity contribution in [3.8, 4) is 5.75 Å². The van der Waals surface area contributed by atoms with Gasteiger partial charge in [0.2, 0.25) is 0 Å². The van der Waals surface area contributed by atoms with Crippen LogP contribution in [0.2, 0.25) is 5.02 Å². The third-order valence-electron chi connectivity index (χ3n) is 3.71.